The molecule has 2 heterocycles. The first kappa shape index (κ1) is 18.3. The van der Waals surface area contributed by atoms with Gasteiger partial charge in [-0.25, -0.2) is 0 Å². The Bertz CT molecular complexity index is 847. The van der Waals surface area contributed by atoms with E-state index in [1.54, 1.807) is 0 Å². The molecular formula is C22H26ClN3O. The fourth-order valence-electron chi connectivity index (χ4n) is 4.29. The summed E-state index contributed by atoms with van der Waals surface area (Å²) in [5.41, 5.74) is 3.52. The van der Waals surface area contributed by atoms with Crippen molar-refractivity contribution in [3.05, 3.63) is 58.9 Å². The van der Waals surface area contributed by atoms with Crippen LogP contribution in [0.3, 0.4) is 0 Å². The molecule has 2 aromatic rings. The maximum atomic E-state index is 12.8. The van der Waals surface area contributed by atoms with E-state index in [1.165, 1.54) is 11.3 Å². The Labute approximate surface area is 165 Å². The van der Waals surface area contributed by atoms with Crippen LogP contribution >= 0.6 is 11.6 Å². The van der Waals surface area contributed by atoms with Gasteiger partial charge in [0.15, 0.2) is 0 Å². The Kier molecular flexibility index (Phi) is 4.85. The van der Waals surface area contributed by atoms with Gasteiger partial charge in [-0.3, -0.25) is 9.78 Å². The minimum atomic E-state index is -0.0388. The average molecular weight is 384 g/mol. The van der Waals surface area contributed by atoms with Crippen LogP contribution in [0.1, 0.15) is 37.3 Å². The number of anilines is 1. The van der Waals surface area contributed by atoms with Gasteiger partial charge in [-0.15, -0.1) is 0 Å². The maximum absolute atomic E-state index is 12.8. The Balaban J connectivity index is 1.33. The minimum Gasteiger partial charge on any atom is -0.371 e. The van der Waals surface area contributed by atoms with Crippen molar-refractivity contribution in [2.24, 2.45) is 5.92 Å². The van der Waals surface area contributed by atoms with Gasteiger partial charge in [-0.05, 0) is 49.4 Å². The number of hydrogen-bond acceptors (Lipinski definition) is 3. The van der Waals surface area contributed by atoms with Gasteiger partial charge in [0, 0.05) is 53.6 Å². The summed E-state index contributed by atoms with van der Waals surface area (Å²) in [5, 5.41) is 4.07. The number of hydrogen-bond donors (Lipinski definition) is 1. The highest BCUT2D eigenvalue weighted by molar-refractivity contribution is 6.31. The van der Waals surface area contributed by atoms with Crippen LogP contribution in [-0.4, -0.2) is 30.0 Å². The quantitative estimate of drug-likeness (QED) is 0.864. The van der Waals surface area contributed by atoms with Gasteiger partial charge in [0.2, 0.25) is 5.91 Å². The van der Waals surface area contributed by atoms with Crippen molar-refractivity contribution >= 4 is 23.2 Å². The Morgan fingerprint density at radius 3 is 2.70 bits per heavy atom. The normalized spacial score (nSPS) is 25.3. The number of piperidine rings is 1. The van der Waals surface area contributed by atoms with Crippen molar-refractivity contribution in [2.45, 2.75) is 44.6 Å². The van der Waals surface area contributed by atoms with E-state index in [2.05, 4.69) is 41.2 Å². The van der Waals surface area contributed by atoms with Crippen LogP contribution < -0.4 is 10.2 Å². The molecule has 5 heteroatoms. The maximum Gasteiger partial charge on any atom is 0.223 e. The topological polar surface area (TPSA) is 45.2 Å². The van der Waals surface area contributed by atoms with E-state index in [0.717, 1.165) is 42.9 Å². The summed E-state index contributed by atoms with van der Waals surface area (Å²) in [5.74, 6) is 0.293. The van der Waals surface area contributed by atoms with Gasteiger partial charge in [0.1, 0.15) is 0 Å². The molecular weight excluding hydrogens is 358 g/mol. The predicted octanol–water partition coefficient (Wildman–Crippen LogP) is 4.11. The molecule has 1 saturated carbocycles. The average Bonchev–Trinajstić information content (AvgIpc) is 3.33. The molecule has 2 unspecified atom stereocenters. The van der Waals surface area contributed by atoms with Crippen LogP contribution in [0.5, 0.6) is 0 Å². The van der Waals surface area contributed by atoms with Crippen LogP contribution in [0.15, 0.2) is 42.7 Å². The zero-order chi connectivity index (χ0) is 19.0. The summed E-state index contributed by atoms with van der Waals surface area (Å²) in [4.78, 5) is 19.3. The predicted molar refractivity (Wildman–Crippen MR) is 109 cm³/mol. The highest BCUT2D eigenvalue weighted by Crippen LogP contribution is 2.50. The van der Waals surface area contributed by atoms with E-state index in [1.807, 2.05) is 30.6 Å². The summed E-state index contributed by atoms with van der Waals surface area (Å²) in [6, 6.07) is 10.2. The lowest BCUT2D eigenvalue weighted by atomic mass is 9.94. The summed E-state index contributed by atoms with van der Waals surface area (Å²) in [6.07, 6.45) is 6.48. The molecule has 1 N–H and O–H groups in total. The van der Waals surface area contributed by atoms with Crippen molar-refractivity contribution < 1.29 is 4.79 Å². The molecule has 2 aliphatic rings. The number of aryl methyl sites for hydroxylation is 1. The fourth-order valence-corrected chi connectivity index (χ4v) is 4.64. The standard InChI is InChI=1S/C22H26ClN3O/c1-15-14-24-10-7-19(15)26-11-8-16(9-12-26)21(27)25-20-13-22(20,2)17-5-3-4-6-18(17)23/h3-7,10,14,16,20H,8-9,11-13H2,1-2H3,(H,25,27). The number of pyridine rings is 1. The molecule has 2 fully saturated rings. The molecule has 1 aliphatic carbocycles. The van der Waals surface area contributed by atoms with E-state index >= 15 is 0 Å². The highest BCUT2D eigenvalue weighted by atomic mass is 35.5. The van der Waals surface area contributed by atoms with Crippen LogP contribution in [-0.2, 0) is 10.2 Å². The summed E-state index contributed by atoms with van der Waals surface area (Å²) < 4.78 is 0. The summed E-state index contributed by atoms with van der Waals surface area (Å²) in [7, 11) is 0. The number of halogens is 1. The number of carbonyl (C=O) groups excluding carboxylic acids is 1. The SMILES string of the molecule is Cc1cnccc1N1CCC(C(=O)NC2CC2(C)c2ccccc2Cl)CC1. The second-order valence-corrected chi connectivity index (χ2v) is 8.49. The highest BCUT2D eigenvalue weighted by Gasteiger charge is 2.53. The third-order valence-corrected chi connectivity index (χ3v) is 6.57. The smallest absolute Gasteiger partial charge is 0.223 e. The molecule has 1 aromatic carbocycles. The first-order valence-corrected chi connectivity index (χ1v) is 10.1. The summed E-state index contributed by atoms with van der Waals surface area (Å²) >= 11 is 6.36. The molecule has 4 rings (SSSR count). The first-order chi connectivity index (χ1) is 13.0. The largest absolute Gasteiger partial charge is 0.371 e. The Morgan fingerprint density at radius 2 is 2.00 bits per heavy atom. The van der Waals surface area contributed by atoms with E-state index in [4.69, 9.17) is 11.6 Å². The molecule has 4 nitrogen and oxygen atoms in total. The van der Waals surface area contributed by atoms with Crippen LogP contribution in [0.2, 0.25) is 5.02 Å². The van der Waals surface area contributed by atoms with Gasteiger partial charge < -0.3 is 10.2 Å². The number of nitrogens with one attached hydrogen (secondary N) is 1. The van der Waals surface area contributed by atoms with Crippen LogP contribution in [0.25, 0.3) is 0 Å². The van der Waals surface area contributed by atoms with Crippen LogP contribution in [0.4, 0.5) is 5.69 Å². The second kappa shape index (κ2) is 7.16. The van der Waals surface area contributed by atoms with Gasteiger partial charge >= 0.3 is 0 Å². The molecule has 0 bridgehead atoms. The number of nitrogens with zero attached hydrogens (tertiary/aromatic N) is 2. The third kappa shape index (κ3) is 3.55. The first-order valence-electron chi connectivity index (χ1n) is 9.70. The van der Waals surface area contributed by atoms with Gasteiger partial charge in [0.05, 0.1) is 0 Å². The van der Waals surface area contributed by atoms with E-state index in [-0.39, 0.29) is 23.3 Å². The number of carbonyl (C=O) groups is 1. The van der Waals surface area contributed by atoms with E-state index in [9.17, 15) is 4.79 Å². The Hall–Kier alpha value is -2.07. The van der Waals surface area contributed by atoms with E-state index in [0.29, 0.717) is 0 Å². The summed E-state index contributed by atoms with van der Waals surface area (Å²) in [6.45, 7) is 6.10. The molecule has 142 valence electrons. The molecule has 1 amide bonds. The van der Waals surface area contributed by atoms with Gasteiger partial charge in [0.25, 0.3) is 0 Å². The van der Waals surface area contributed by atoms with Crippen LogP contribution in [0, 0.1) is 12.8 Å². The van der Waals surface area contributed by atoms with Crippen molar-refractivity contribution in [3.8, 4) is 0 Å². The fraction of sp³-hybridized carbons (Fsp3) is 0.455. The number of rotatable bonds is 4. The zero-order valence-electron chi connectivity index (χ0n) is 15.9. The van der Waals surface area contributed by atoms with Crippen molar-refractivity contribution in [1.82, 2.24) is 10.3 Å². The molecule has 2 atom stereocenters. The lowest BCUT2D eigenvalue weighted by Gasteiger charge is -2.34. The third-order valence-electron chi connectivity index (χ3n) is 6.24. The molecule has 0 spiro atoms. The Morgan fingerprint density at radius 1 is 1.26 bits per heavy atom. The lowest BCUT2D eigenvalue weighted by molar-refractivity contribution is -0.125. The monoisotopic (exact) mass is 383 g/mol. The van der Waals surface area contributed by atoms with Crippen molar-refractivity contribution in [1.29, 1.82) is 0 Å². The van der Waals surface area contributed by atoms with E-state index < -0.39 is 0 Å². The molecule has 1 aliphatic heterocycles. The zero-order valence-corrected chi connectivity index (χ0v) is 16.7. The molecule has 27 heavy (non-hydrogen) atoms. The molecule has 1 saturated heterocycles. The van der Waals surface area contributed by atoms with Crippen molar-refractivity contribution in [2.75, 3.05) is 18.0 Å². The van der Waals surface area contributed by atoms with Gasteiger partial charge in [-0.2, -0.15) is 0 Å². The molecule has 0 radical (unpaired) electrons. The number of amides is 1. The number of benzene rings is 1. The second-order valence-electron chi connectivity index (χ2n) is 8.09. The lowest BCUT2D eigenvalue weighted by Crippen LogP contribution is -2.42. The number of aromatic nitrogens is 1. The van der Waals surface area contributed by atoms with Gasteiger partial charge in [-0.1, -0.05) is 36.7 Å². The minimum absolute atomic E-state index is 0.0388. The van der Waals surface area contributed by atoms with Crippen molar-refractivity contribution in [3.63, 3.8) is 0 Å². The molecule has 1 aromatic heterocycles.